The van der Waals surface area contributed by atoms with Crippen molar-refractivity contribution in [2.45, 2.75) is 25.1 Å². The summed E-state index contributed by atoms with van der Waals surface area (Å²) in [5, 5.41) is 3.77. The van der Waals surface area contributed by atoms with Crippen molar-refractivity contribution in [1.29, 1.82) is 0 Å². The van der Waals surface area contributed by atoms with E-state index in [1.807, 2.05) is 0 Å². The van der Waals surface area contributed by atoms with Crippen molar-refractivity contribution >= 4 is 5.65 Å². The second-order valence-electron chi connectivity index (χ2n) is 6.67. The average Bonchev–Trinajstić information content (AvgIpc) is 3.01. The van der Waals surface area contributed by atoms with E-state index in [0.29, 0.717) is 10.6 Å². The molecule has 0 saturated heterocycles. The first-order valence-corrected chi connectivity index (χ1v) is 8.29. The Kier molecular flexibility index (Phi) is 4.14. The third-order valence-corrected chi connectivity index (χ3v) is 4.65. The van der Waals surface area contributed by atoms with Gasteiger partial charge in [-0.15, -0.1) is 0 Å². The summed E-state index contributed by atoms with van der Waals surface area (Å²) in [5.41, 5.74) is -4.25. The predicted octanol–water partition coefficient (Wildman–Crippen LogP) is 3.38. The summed E-state index contributed by atoms with van der Waals surface area (Å²) >= 11 is 0. The first-order valence-electron chi connectivity index (χ1n) is 8.29. The molecule has 0 N–H and O–H groups in total. The maximum atomic E-state index is 14.0. The van der Waals surface area contributed by atoms with Gasteiger partial charge in [-0.1, -0.05) is 0 Å². The zero-order chi connectivity index (χ0) is 21.1. The highest BCUT2D eigenvalue weighted by Gasteiger charge is 2.56. The van der Waals surface area contributed by atoms with Gasteiger partial charge in [0, 0.05) is 36.7 Å². The predicted molar refractivity (Wildman–Crippen MR) is 87.2 cm³/mol. The molecule has 154 valence electrons. The number of nitrogens with zero attached hydrogens (tertiary/aromatic N) is 4. The van der Waals surface area contributed by atoms with Gasteiger partial charge in [-0.05, 0) is 0 Å². The summed E-state index contributed by atoms with van der Waals surface area (Å²) in [6, 6.07) is 0.869. The van der Waals surface area contributed by atoms with Crippen LogP contribution in [0.25, 0.3) is 16.8 Å². The van der Waals surface area contributed by atoms with Crippen molar-refractivity contribution in [2.75, 3.05) is 7.11 Å². The van der Waals surface area contributed by atoms with Crippen LogP contribution < -0.4 is 10.3 Å². The summed E-state index contributed by atoms with van der Waals surface area (Å²) in [6.45, 7) is -0.206. The Morgan fingerprint density at radius 3 is 2.59 bits per heavy atom. The van der Waals surface area contributed by atoms with E-state index in [4.69, 9.17) is 4.74 Å². The molecule has 0 aliphatic heterocycles. The smallest absolute Gasteiger partial charge is 0.434 e. The molecule has 0 unspecified atom stereocenters. The molecule has 0 spiro atoms. The molecule has 29 heavy (non-hydrogen) atoms. The molecule has 1 saturated carbocycles. The van der Waals surface area contributed by atoms with E-state index >= 15 is 0 Å². The fraction of sp³-hybridized carbons (Fsp3) is 0.353. The van der Waals surface area contributed by atoms with Crippen LogP contribution in [-0.4, -0.2) is 32.2 Å². The van der Waals surface area contributed by atoms with Crippen LogP contribution in [0, 0.1) is 11.7 Å². The second kappa shape index (κ2) is 6.22. The maximum Gasteiger partial charge on any atom is 0.434 e. The number of aromatic nitrogens is 4. The molecular weight excluding hydrogens is 406 g/mol. The van der Waals surface area contributed by atoms with Crippen LogP contribution in [0.4, 0.5) is 26.3 Å². The number of hydrogen-bond acceptors (Lipinski definition) is 4. The van der Waals surface area contributed by atoms with Crippen LogP contribution in [0.5, 0.6) is 5.75 Å². The lowest BCUT2D eigenvalue weighted by atomic mass is 10.1. The van der Waals surface area contributed by atoms with Crippen LogP contribution in [-0.2, 0) is 12.7 Å². The van der Waals surface area contributed by atoms with Crippen LogP contribution >= 0.6 is 0 Å². The standard InChI is InChI=1S/C17H12F6N4O2/c1-29-11-2-12-25-14(17(21,22)23)13(15(28)27(12)7-10(11)18)8-4-24-26(5-8)6-9-3-16(9,19)20/h2,4-5,7,9H,3,6H2,1H3/t9-/m0/s1. The van der Waals surface area contributed by atoms with Gasteiger partial charge in [0.1, 0.15) is 5.65 Å². The third kappa shape index (κ3) is 3.32. The Bertz CT molecular complexity index is 1170. The molecule has 3 aromatic rings. The molecule has 1 aliphatic rings. The number of methoxy groups -OCH3 is 1. The summed E-state index contributed by atoms with van der Waals surface area (Å²) in [7, 11) is 1.11. The lowest BCUT2D eigenvalue weighted by Crippen LogP contribution is -2.24. The van der Waals surface area contributed by atoms with Gasteiger partial charge in [0.25, 0.3) is 11.5 Å². The van der Waals surface area contributed by atoms with Gasteiger partial charge in [0.2, 0.25) is 0 Å². The first-order chi connectivity index (χ1) is 13.5. The monoisotopic (exact) mass is 418 g/mol. The number of ether oxygens (including phenoxy) is 1. The molecule has 3 aromatic heterocycles. The van der Waals surface area contributed by atoms with Gasteiger partial charge in [-0.2, -0.15) is 18.3 Å². The molecule has 0 aromatic carbocycles. The van der Waals surface area contributed by atoms with E-state index in [-0.39, 0.29) is 24.3 Å². The largest absolute Gasteiger partial charge is 0.493 e. The van der Waals surface area contributed by atoms with E-state index in [9.17, 15) is 31.1 Å². The van der Waals surface area contributed by atoms with Crippen molar-refractivity contribution in [3.63, 3.8) is 0 Å². The Morgan fingerprint density at radius 1 is 1.31 bits per heavy atom. The van der Waals surface area contributed by atoms with E-state index < -0.39 is 46.3 Å². The Morgan fingerprint density at radius 2 is 2.00 bits per heavy atom. The fourth-order valence-corrected chi connectivity index (χ4v) is 3.05. The van der Waals surface area contributed by atoms with Crippen molar-refractivity contribution < 1.29 is 31.1 Å². The lowest BCUT2D eigenvalue weighted by Gasteiger charge is -2.13. The molecule has 0 amide bonds. The zero-order valence-corrected chi connectivity index (χ0v) is 14.7. The summed E-state index contributed by atoms with van der Waals surface area (Å²) < 4.78 is 87.3. The maximum absolute atomic E-state index is 14.0. The minimum atomic E-state index is -5.00. The SMILES string of the molecule is COc1cc2nc(C(F)(F)F)c(-c3cnn(C[C@@H]4CC4(F)F)c3)c(=O)n2cc1F. The van der Waals surface area contributed by atoms with Crippen LogP contribution in [0.15, 0.2) is 29.5 Å². The molecule has 6 nitrogen and oxygen atoms in total. The number of halogens is 6. The zero-order valence-electron chi connectivity index (χ0n) is 14.7. The lowest BCUT2D eigenvalue weighted by molar-refractivity contribution is -0.140. The first kappa shape index (κ1) is 19.3. The molecule has 0 bridgehead atoms. The summed E-state index contributed by atoms with van der Waals surface area (Å²) in [4.78, 5) is 16.2. The molecule has 1 fully saturated rings. The van der Waals surface area contributed by atoms with Gasteiger partial charge < -0.3 is 4.74 Å². The molecule has 0 radical (unpaired) electrons. The number of fused-ring (bicyclic) bond motifs is 1. The van der Waals surface area contributed by atoms with Crippen molar-refractivity contribution in [3.8, 4) is 16.9 Å². The van der Waals surface area contributed by atoms with E-state index in [2.05, 4.69) is 10.1 Å². The van der Waals surface area contributed by atoms with Gasteiger partial charge in [0.05, 0.1) is 25.1 Å². The number of alkyl halides is 5. The Labute approximate surface area is 158 Å². The Hall–Kier alpha value is -3.05. The normalized spacial score (nSPS) is 18.2. The van der Waals surface area contributed by atoms with Crippen molar-refractivity contribution in [3.05, 3.63) is 46.5 Å². The second-order valence-corrected chi connectivity index (χ2v) is 6.67. The van der Waals surface area contributed by atoms with Gasteiger partial charge in [-0.25, -0.2) is 18.2 Å². The minimum absolute atomic E-state index is 0.206. The van der Waals surface area contributed by atoms with Gasteiger partial charge in [0.15, 0.2) is 17.3 Å². The van der Waals surface area contributed by atoms with E-state index in [1.54, 1.807) is 0 Å². The van der Waals surface area contributed by atoms with Crippen LogP contribution in [0.2, 0.25) is 0 Å². The topological polar surface area (TPSA) is 61.4 Å². The molecule has 1 atom stereocenters. The summed E-state index contributed by atoms with van der Waals surface area (Å²) in [5.74, 6) is -5.14. The fourth-order valence-electron chi connectivity index (χ4n) is 3.05. The highest BCUT2D eigenvalue weighted by Crippen LogP contribution is 2.49. The van der Waals surface area contributed by atoms with Crippen LogP contribution in [0.1, 0.15) is 12.1 Å². The highest BCUT2D eigenvalue weighted by atomic mass is 19.4. The van der Waals surface area contributed by atoms with Crippen LogP contribution in [0.3, 0.4) is 0 Å². The molecule has 3 heterocycles. The Balaban J connectivity index is 1.88. The van der Waals surface area contributed by atoms with Crippen molar-refractivity contribution in [2.24, 2.45) is 5.92 Å². The van der Waals surface area contributed by atoms with E-state index in [1.165, 1.54) is 0 Å². The van der Waals surface area contributed by atoms with Gasteiger partial charge in [-0.3, -0.25) is 13.9 Å². The molecule has 4 rings (SSSR count). The average molecular weight is 418 g/mol. The number of rotatable bonds is 4. The molecule has 1 aliphatic carbocycles. The van der Waals surface area contributed by atoms with Gasteiger partial charge >= 0.3 is 6.18 Å². The minimum Gasteiger partial charge on any atom is -0.493 e. The third-order valence-electron chi connectivity index (χ3n) is 4.65. The van der Waals surface area contributed by atoms with E-state index in [0.717, 1.165) is 30.3 Å². The highest BCUT2D eigenvalue weighted by molar-refractivity contribution is 5.66. The molecule has 12 heteroatoms. The quantitative estimate of drug-likeness (QED) is 0.610. The number of hydrogen-bond donors (Lipinski definition) is 0. The van der Waals surface area contributed by atoms with Crippen molar-refractivity contribution in [1.82, 2.24) is 19.2 Å². The number of pyridine rings is 1. The molecular formula is C17H12F6N4O2. The summed E-state index contributed by atoms with van der Waals surface area (Å²) in [6.07, 6.45) is -2.65.